The summed E-state index contributed by atoms with van der Waals surface area (Å²) in [6, 6.07) is 8.70. The number of unbranched alkanes of at least 4 members (excludes halogenated alkanes) is 1. The van der Waals surface area contributed by atoms with Gasteiger partial charge in [-0.25, -0.2) is 4.79 Å². The summed E-state index contributed by atoms with van der Waals surface area (Å²) in [4.78, 5) is 38.5. The van der Waals surface area contributed by atoms with Gasteiger partial charge in [0.05, 0.1) is 0 Å². The van der Waals surface area contributed by atoms with Gasteiger partial charge in [-0.2, -0.15) is 0 Å². The second-order valence-electron chi connectivity index (χ2n) is 10.7. The standard InChI is InChI=1S/C28H41NO4S2/c1-20(2)22-12-9-13-23(19-22)26(31)29-24(18-21-10-5-4-6-11-21)27(32)33-25(30)14-7-8-15-28(3)16-17-34-35-28/h4-6,10-11,20,22-24H,7-9,12-19H2,1-3H3,(H,29,31)/t22-,23-,24+,28+/m0/s1. The SMILES string of the molecule is CC(C)[C@H]1CCC[C@H](C(=O)N[C@H](Cc2ccccc2)C(=O)OC(=O)CCCC[C@]2(C)CCSS2)C1. The van der Waals surface area contributed by atoms with E-state index in [0.29, 0.717) is 29.4 Å². The smallest absolute Gasteiger partial charge is 0.336 e. The maximum absolute atomic E-state index is 13.1. The van der Waals surface area contributed by atoms with Gasteiger partial charge in [0.1, 0.15) is 6.04 Å². The molecule has 4 atom stereocenters. The summed E-state index contributed by atoms with van der Waals surface area (Å²) in [6.07, 6.45) is 8.34. The minimum Gasteiger partial charge on any atom is -0.392 e. The van der Waals surface area contributed by atoms with Crippen LogP contribution in [-0.4, -0.2) is 34.4 Å². The number of rotatable bonds is 11. The summed E-state index contributed by atoms with van der Waals surface area (Å²) in [7, 11) is 3.86. The van der Waals surface area contributed by atoms with Crippen LogP contribution in [0.25, 0.3) is 0 Å². The van der Waals surface area contributed by atoms with Crippen molar-refractivity contribution < 1.29 is 19.1 Å². The van der Waals surface area contributed by atoms with Crippen LogP contribution in [-0.2, 0) is 25.5 Å². The molecule has 2 aliphatic rings. The molecule has 1 aromatic rings. The van der Waals surface area contributed by atoms with Crippen molar-refractivity contribution in [2.45, 2.75) is 95.8 Å². The third-order valence-corrected chi connectivity index (χ3v) is 10.8. The van der Waals surface area contributed by atoms with E-state index >= 15 is 0 Å². The van der Waals surface area contributed by atoms with Crippen molar-refractivity contribution in [2.75, 3.05) is 5.75 Å². The van der Waals surface area contributed by atoms with Crippen LogP contribution in [0.15, 0.2) is 30.3 Å². The Kier molecular flexibility index (Phi) is 11.0. The molecule has 0 spiro atoms. The fraction of sp³-hybridized carbons (Fsp3) is 0.679. The highest BCUT2D eigenvalue weighted by Crippen LogP contribution is 2.49. The molecule has 0 radical (unpaired) electrons. The van der Waals surface area contributed by atoms with Crippen molar-refractivity contribution in [1.82, 2.24) is 5.32 Å². The number of amides is 1. The third-order valence-electron chi connectivity index (χ3n) is 7.44. The number of carbonyl (C=O) groups excluding carboxylic acids is 3. The van der Waals surface area contributed by atoms with E-state index in [0.717, 1.165) is 44.1 Å². The van der Waals surface area contributed by atoms with Crippen molar-refractivity contribution in [3.05, 3.63) is 35.9 Å². The number of hydrogen-bond acceptors (Lipinski definition) is 6. The molecule has 1 aromatic carbocycles. The number of carbonyl (C=O) groups is 3. The topological polar surface area (TPSA) is 72.5 Å². The van der Waals surface area contributed by atoms with Crippen LogP contribution in [0.2, 0.25) is 0 Å². The Hall–Kier alpha value is -1.47. The number of hydrogen-bond donors (Lipinski definition) is 1. The van der Waals surface area contributed by atoms with E-state index in [2.05, 4.69) is 26.1 Å². The minimum absolute atomic E-state index is 0.0918. The lowest BCUT2D eigenvalue weighted by Gasteiger charge is -2.31. The first-order valence-corrected chi connectivity index (χ1v) is 15.5. The van der Waals surface area contributed by atoms with Crippen molar-refractivity contribution in [3.63, 3.8) is 0 Å². The summed E-state index contributed by atoms with van der Waals surface area (Å²) in [5.41, 5.74) is 0.922. The normalized spacial score (nSPS) is 25.3. The number of benzene rings is 1. The van der Waals surface area contributed by atoms with E-state index in [9.17, 15) is 14.4 Å². The third kappa shape index (κ3) is 9.16. The molecule has 2 fully saturated rings. The predicted octanol–water partition coefficient (Wildman–Crippen LogP) is 6.35. The fourth-order valence-corrected chi connectivity index (χ4v) is 8.35. The van der Waals surface area contributed by atoms with Gasteiger partial charge in [-0.05, 0) is 56.4 Å². The molecule has 0 aromatic heterocycles. The largest absolute Gasteiger partial charge is 0.392 e. The molecule has 1 saturated carbocycles. The zero-order chi connectivity index (χ0) is 25.3. The number of esters is 2. The maximum Gasteiger partial charge on any atom is 0.336 e. The minimum atomic E-state index is -0.862. The first-order valence-electron chi connectivity index (χ1n) is 13.2. The van der Waals surface area contributed by atoms with Crippen molar-refractivity contribution in [2.24, 2.45) is 17.8 Å². The quantitative estimate of drug-likeness (QED) is 0.159. The van der Waals surface area contributed by atoms with Crippen LogP contribution in [0.3, 0.4) is 0 Å². The molecular weight excluding hydrogens is 478 g/mol. The van der Waals surface area contributed by atoms with Crippen LogP contribution in [0.4, 0.5) is 0 Å². The number of nitrogens with one attached hydrogen (secondary N) is 1. The van der Waals surface area contributed by atoms with Gasteiger partial charge in [0.25, 0.3) is 0 Å². The predicted molar refractivity (Wildman–Crippen MR) is 145 cm³/mol. The molecule has 7 heteroatoms. The Balaban J connectivity index is 1.53. The van der Waals surface area contributed by atoms with Crippen molar-refractivity contribution in [3.8, 4) is 0 Å². The van der Waals surface area contributed by atoms with E-state index in [1.807, 2.05) is 51.9 Å². The Bertz CT molecular complexity index is 839. The highest BCUT2D eigenvalue weighted by Gasteiger charge is 2.33. The molecule has 35 heavy (non-hydrogen) atoms. The maximum atomic E-state index is 13.1. The molecule has 1 N–H and O–H groups in total. The van der Waals surface area contributed by atoms with Gasteiger partial charge in [0.15, 0.2) is 0 Å². The molecule has 1 saturated heterocycles. The zero-order valence-corrected chi connectivity index (χ0v) is 23.1. The van der Waals surface area contributed by atoms with Crippen LogP contribution in [0, 0.1) is 17.8 Å². The number of ether oxygens (including phenoxy) is 1. The summed E-state index contributed by atoms with van der Waals surface area (Å²) < 4.78 is 5.52. The van der Waals surface area contributed by atoms with Crippen LogP contribution in [0.1, 0.15) is 84.1 Å². The summed E-state index contributed by atoms with van der Waals surface area (Å²) in [6.45, 7) is 6.70. The van der Waals surface area contributed by atoms with Crippen LogP contribution >= 0.6 is 21.6 Å². The highest BCUT2D eigenvalue weighted by atomic mass is 33.1. The molecule has 0 unspecified atom stereocenters. The molecule has 1 heterocycles. The monoisotopic (exact) mass is 519 g/mol. The molecule has 1 aliphatic heterocycles. The first kappa shape index (κ1) is 28.1. The molecule has 3 rings (SSSR count). The lowest BCUT2D eigenvalue weighted by atomic mass is 9.76. The highest BCUT2D eigenvalue weighted by molar-refractivity contribution is 8.77. The van der Waals surface area contributed by atoms with E-state index in [1.165, 1.54) is 12.2 Å². The van der Waals surface area contributed by atoms with Gasteiger partial charge < -0.3 is 10.1 Å². The molecule has 194 valence electrons. The average Bonchev–Trinajstić information content (AvgIpc) is 3.28. The van der Waals surface area contributed by atoms with Gasteiger partial charge >= 0.3 is 11.9 Å². The van der Waals surface area contributed by atoms with Crippen LogP contribution < -0.4 is 5.32 Å². The first-order chi connectivity index (χ1) is 16.8. The Labute approximate surface area is 218 Å². The van der Waals surface area contributed by atoms with Crippen molar-refractivity contribution in [1.29, 1.82) is 0 Å². The fourth-order valence-electron chi connectivity index (χ4n) is 5.06. The second-order valence-corrected chi connectivity index (χ2v) is 13.7. The van der Waals surface area contributed by atoms with E-state index in [4.69, 9.17) is 4.74 Å². The van der Waals surface area contributed by atoms with Crippen molar-refractivity contribution >= 4 is 39.4 Å². The van der Waals surface area contributed by atoms with E-state index < -0.39 is 18.0 Å². The molecule has 1 aliphatic carbocycles. The lowest BCUT2D eigenvalue weighted by molar-refractivity contribution is -0.162. The van der Waals surface area contributed by atoms with Gasteiger partial charge in [0, 0.05) is 29.3 Å². The average molecular weight is 520 g/mol. The second kappa shape index (κ2) is 13.7. The summed E-state index contributed by atoms with van der Waals surface area (Å²) in [5.74, 6) is 0.917. The van der Waals surface area contributed by atoms with Gasteiger partial charge in [-0.1, -0.05) is 85.0 Å². The van der Waals surface area contributed by atoms with Gasteiger partial charge in [-0.3, -0.25) is 9.59 Å². The summed E-state index contributed by atoms with van der Waals surface area (Å²) in [5, 5.41) is 2.94. The summed E-state index contributed by atoms with van der Waals surface area (Å²) >= 11 is 0. The van der Waals surface area contributed by atoms with Gasteiger partial charge in [0.2, 0.25) is 5.91 Å². The molecular formula is C28H41NO4S2. The molecule has 1 amide bonds. The Morgan fingerprint density at radius 3 is 2.60 bits per heavy atom. The van der Waals surface area contributed by atoms with Gasteiger partial charge in [-0.15, -0.1) is 0 Å². The van der Waals surface area contributed by atoms with E-state index in [1.54, 1.807) is 0 Å². The van der Waals surface area contributed by atoms with E-state index in [-0.39, 0.29) is 18.2 Å². The molecule has 0 bridgehead atoms. The molecule has 5 nitrogen and oxygen atoms in total. The Morgan fingerprint density at radius 2 is 1.91 bits per heavy atom. The zero-order valence-electron chi connectivity index (χ0n) is 21.4. The van der Waals surface area contributed by atoms with Crippen LogP contribution in [0.5, 0.6) is 0 Å². The Morgan fingerprint density at radius 1 is 1.14 bits per heavy atom. The lowest BCUT2D eigenvalue weighted by Crippen LogP contribution is -2.47.